The molecule has 6 heteroatoms. The number of para-hydroxylation sites is 1. The zero-order valence-electron chi connectivity index (χ0n) is 12.3. The Hall–Kier alpha value is -1.11. The summed E-state index contributed by atoms with van der Waals surface area (Å²) in [7, 11) is -3.30. The number of rotatable bonds is 9. The summed E-state index contributed by atoms with van der Waals surface area (Å²) in [6.45, 7) is 6.68. The number of benzene rings is 1. The molecule has 1 unspecified atom stereocenters. The van der Waals surface area contributed by atoms with Crippen LogP contribution < -0.4 is 14.8 Å². The van der Waals surface area contributed by atoms with Gasteiger partial charge in [-0.25, -0.2) is 13.1 Å². The van der Waals surface area contributed by atoms with Gasteiger partial charge in [0, 0.05) is 19.1 Å². The molecule has 114 valence electrons. The lowest BCUT2D eigenvalue weighted by Gasteiger charge is -2.16. The van der Waals surface area contributed by atoms with Gasteiger partial charge in [0.15, 0.2) is 0 Å². The van der Waals surface area contributed by atoms with E-state index < -0.39 is 15.3 Å². The van der Waals surface area contributed by atoms with E-state index in [4.69, 9.17) is 4.74 Å². The van der Waals surface area contributed by atoms with E-state index in [0.29, 0.717) is 13.2 Å². The molecular formula is C14H24N2O3S. The second kappa shape index (κ2) is 8.24. The van der Waals surface area contributed by atoms with E-state index >= 15 is 0 Å². The fourth-order valence-electron chi connectivity index (χ4n) is 1.52. The monoisotopic (exact) mass is 300 g/mol. The molecule has 0 radical (unpaired) electrons. The molecule has 0 aromatic heterocycles. The maximum atomic E-state index is 11.9. The van der Waals surface area contributed by atoms with Crippen LogP contribution in [0.25, 0.3) is 0 Å². The third kappa shape index (κ3) is 6.36. The van der Waals surface area contributed by atoms with Gasteiger partial charge in [-0.05, 0) is 19.1 Å². The molecule has 0 aliphatic rings. The summed E-state index contributed by atoms with van der Waals surface area (Å²) in [4.78, 5) is 0. The van der Waals surface area contributed by atoms with Crippen molar-refractivity contribution in [2.24, 2.45) is 0 Å². The summed E-state index contributed by atoms with van der Waals surface area (Å²) >= 11 is 0. The fourth-order valence-corrected chi connectivity index (χ4v) is 2.49. The Morgan fingerprint density at radius 3 is 2.40 bits per heavy atom. The molecule has 20 heavy (non-hydrogen) atoms. The summed E-state index contributed by atoms with van der Waals surface area (Å²) in [5, 5.41) is 2.65. The summed E-state index contributed by atoms with van der Waals surface area (Å²) < 4.78 is 31.9. The van der Waals surface area contributed by atoms with Gasteiger partial charge < -0.3 is 10.1 Å². The van der Waals surface area contributed by atoms with Crippen LogP contribution in [0.5, 0.6) is 5.75 Å². The normalized spacial score (nSPS) is 13.4. The molecule has 0 saturated heterocycles. The predicted molar refractivity (Wildman–Crippen MR) is 81.5 cm³/mol. The second-order valence-corrected chi connectivity index (χ2v) is 7.16. The van der Waals surface area contributed by atoms with Crippen LogP contribution >= 0.6 is 0 Å². The van der Waals surface area contributed by atoms with E-state index in [1.807, 2.05) is 44.2 Å². The van der Waals surface area contributed by atoms with Gasteiger partial charge in [0.05, 0.1) is 5.25 Å². The van der Waals surface area contributed by atoms with Crippen molar-refractivity contribution in [3.63, 3.8) is 0 Å². The molecule has 0 aliphatic carbocycles. The molecule has 0 saturated carbocycles. The van der Waals surface area contributed by atoms with Crippen molar-refractivity contribution >= 4 is 10.0 Å². The van der Waals surface area contributed by atoms with Crippen molar-refractivity contribution in [1.82, 2.24) is 10.0 Å². The highest BCUT2D eigenvalue weighted by Crippen LogP contribution is 2.07. The van der Waals surface area contributed by atoms with Gasteiger partial charge in [-0.1, -0.05) is 32.0 Å². The second-order valence-electron chi connectivity index (χ2n) is 4.97. The van der Waals surface area contributed by atoms with Crippen molar-refractivity contribution in [3.8, 4) is 5.75 Å². The maximum absolute atomic E-state index is 11.9. The Labute approximate surface area is 121 Å². The summed E-state index contributed by atoms with van der Waals surface area (Å²) in [6.07, 6.45) is 0. The molecule has 1 aromatic rings. The van der Waals surface area contributed by atoms with E-state index in [1.165, 1.54) is 0 Å². The first-order valence-corrected chi connectivity index (χ1v) is 8.36. The minimum absolute atomic E-state index is 0.267. The van der Waals surface area contributed by atoms with Gasteiger partial charge in [-0.15, -0.1) is 0 Å². The lowest BCUT2D eigenvalue weighted by molar-refractivity contribution is 0.322. The van der Waals surface area contributed by atoms with Gasteiger partial charge >= 0.3 is 0 Å². The Kier molecular flexibility index (Phi) is 6.98. The first-order valence-electron chi connectivity index (χ1n) is 6.81. The first kappa shape index (κ1) is 16.9. The first-order chi connectivity index (χ1) is 9.42. The number of sulfonamides is 1. The van der Waals surface area contributed by atoms with Gasteiger partial charge in [-0.3, -0.25) is 0 Å². The highest BCUT2D eigenvalue weighted by atomic mass is 32.2. The minimum Gasteiger partial charge on any atom is -0.492 e. The van der Waals surface area contributed by atoms with Crippen LogP contribution in [0.4, 0.5) is 0 Å². The zero-order valence-corrected chi connectivity index (χ0v) is 13.1. The number of hydrogen-bond donors (Lipinski definition) is 2. The zero-order chi connectivity index (χ0) is 15.0. The molecule has 0 amide bonds. The highest BCUT2D eigenvalue weighted by molar-refractivity contribution is 7.90. The summed E-state index contributed by atoms with van der Waals surface area (Å²) in [6, 6.07) is 9.60. The van der Waals surface area contributed by atoms with Gasteiger partial charge in [0.25, 0.3) is 0 Å². The Balaban J connectivity index is 2.29. The van der Waals surface area contributed by atoms with Gasteiger partial charge in [-0.2, -0.15) is 0 Å². The fraction of sp³-hybridized carbons (Fsp3) is 0.571. The largest absolute Gasteiger partial charge is 0.492 e. The van der Waals surface area contributed by atoms with Crippen LogP contribution in [-0.2, 0) is 10.0 Å². The van der Waals surface area contributed by atoms with Gasteiger partial charge in [0.2, 0.25) is 10.0 Å². The Bertz CT molecular complexity index is 474. The van der Waals surface area contributed by atoms with Crippen LogP contribution in [0.15, 0.2) is 30.3 Å². The van der Waals surface area contributed by atoms with E-state index in [2.05, 4.69) is 10.0 Å². The third-order valence-electron chi connectivity index (χ3n) is 2.76. The molecule has 1 rings (SSSR count). The van der Waals surface area contributed by atoms with Crippen molar-refractivity contribution in [2.75, 3.05) is 19.7 Å². The molecule has 0 spiro atoms. The van der Waals surface area contributed by atoms with Crippen molar-refractivity contribution in [3.05, 3.63) is 30.3 Å². The predicted octanol–water partition coefficient (Wildman–Crippen LogP) is 1.37. The maximum Gasteiger partial charge on any atom is 0.215 e. The van der Waals surface area contributed by atoms with Crippen molar-refractivity contribution < 1.29 is 13.2 Å². The number of nitrogens with one attached hydrogen (secondary N) is 2. The van der Waals surface area contributed by atoms with Crippen molar-refractivity contribution in [1.29, 1.82) is 0 Å². The molecule has 1 aromatic carbocycles. The summed E-state index contributed by atoms with van der Waals surface area (Å²) in [5.41, 5.74) is 0. The lowest BCUT2D eigenvalue weighted by atomic mass is 10.3. The smallest absolute Gasteiger partial charge is 0.215 e. The average molecular weight is 300 g/mol. The van der Waals surface area contributed by atoms with Crippen LogP contribution in [0.2, 0.25) is 0 Å². The standard InChI is InChI=1S/C14H24N2O3S/c1-12(2)15-11-13(3)20(17,18)16-9-10-19-14-7-5-4-6-8-14/h4-8,12-13,15-16H,9-11H2,1-3H3. The third-order valence-corrected chi connectivity index (χ3v) is 4.59. The quantitative estimate of drug-likeness (QED) is 0.676. The van der Waals surface area contributed by atoms with Crippen molar-refractivity contribution in [2.45, 2.75) is 32.1 Å². The Morgan fingerprint density at radius 1 is 1.15 bits per heavy atom. The van der Waals surface area contributed by atoms with Crippen LogP contribution in [0.3, 0.4) is 0 Å². The SMILES string of the molecule is CC(C)NCC(C)S(=O)(=O)NCCOc1ccccc1. The van der Waals surface area contributed by atoms with Crippen LogP contribution in [-0.4, -0.2) is 39.4 Å². The summed E-state index contributed by atoms with van der Waals surface area (Å²) in [5.74, 6) is 0.737. The molecule has 5 nitrogen and oxygen atoms in total. The molecule has 0 fully saturated rings. The van der Waals surface area contributed by atoms with Gasteiger partial charge in [0.1, 0.15) is 12.4 Å². The highest BCUT2D eigenvalue weighted by Gasteiger charge is 2.19. The molecule has 1 atom stereocenters. The lowest BCUT2D eigenvalue weighted by Crippen LogP contribution is -2.41. The molecular weight excluding hydrogens is 276 g/mol. The van der Waals surface area contributed by atoms with E-state index in [0.717, 1.165) is 5.75 Å². The average Bonchev–Trinajstić information content (AvgIpc) is 2.42. The molecule has 0 bridgehead atoms. The van der Waals surface area contributed by atoms with E-state index in [9.17, 15) is 8.42 Å². The van der Waals surface area contributed by atoms with Crippen LogP contribution in [0, 0.1) is 0 Å². The Morgan fingerprint density at radius 2 is 1.80 bits per heavy atom. The van der Waals surface area contributed by atoms with E-state index in [1.54, 1.807) is 6.92 Å². The van der Waals surface area contributed by atoms with E-state index in [-0.39, 0.29) is 12.6 Å². The minimum atomic E-state index is -3.30. The topological polar surface area (TPSA) is 67.4 Å². The molecule has 0 heterocycles. The van der Waals surface area contributed by atoms with Crippen LogP contribution in [0.1, 0.15) is 20.8 Å². The molecule has 0 aliphatic heterocycles. The number of ether oxygens (including phenoxy) is 1. The number of hydrogen-bond acceptors (Lipinski definition) is 4. The molecule has 2 N–H and O–H groups in total.